The molecule has 0 radical (unpaired) electrons. The van der Waals surface area contributed by atoms with Crippen LogP contribution in [0.3, 0.4) is 0 Å². The Morgan fingerprint density at radius 3 is 2.78 bits per heavy atom. The van der Waals surface area contributed by atoms with Crippen LogP contribution in [0.25, 0.3) is 5.69 Å². The van der Waals surface area contributed by atoms with Gasteiger partial charge in [0.05, 0.1) is 16.3 Å². The van der Waals surface area contributed by atoms with E-state index >= 15 is 0 Å². The second-order valence-electron chi connectivity index (χ2n) is 5.87. The summed E-state index contributed by atoms with van der Waals surface area (Å²) in [6.07, 6.45) is 0.768. The van der Waals surface area contributed by atoms with Crippen LogP contribution in [0.4, 0.5) is 4.39 Å². The van der Waals surface area contributed by atoms with Crippen LogP contribution in [-0.4, -0.2) is 15.3 Å². The van der Waals surface area contributed by atoms with Crippen LogP contribution in [0.1, 0.15) is 11.3 Å². The van der Waals surface area contributed by atoms with Crippen molar-refractivity contribution in [2.24, 2.45) is 0 Å². The number of hydrogen-bond acceptors (Lipinski definition) is 4. The fourth-order valence-corrected chi connectivity index (χ4v) is 5.47. The minimum atomic E-state index is -0.357. The van der Waals surface area contributed by atoms with E-state index in [0.29, 0.717) is 26.4 Å². The molecule has 1 aliphatic rings. The molecule has 3 nitrogen and oxygen atoms in total. The van der Waals surface area contributed by atoms with Gasteiger partial charge in [0.25, 0.3) is 5.56 Å². The molecule has 2 aromatic carbocycles. The Hall–Kier alpha value is -1.28. The van der Waals surface area contributed by atoms with Gasteiger partial charge >= 0.3 is 0 Å². The summed E-state index contributed by atoms with van der Waals surface area (Å²) >= 11 is 12.4. The van der Waals surface area contributed by atoms with E-state index in [9.17, 15) is 9.18 Å². The molecule has 0 aliphatic carbocycles. The second-order valence-corrected chi connectivity index (χ2v) is 9.25. The van der Waals surface area contributed by atoms with Crippen LogP contribution in [0.15, 0.2) is 61.8 Å². The van der Waals surface area contributed by atoms with Crippen LogP contribution in [0, 0.1) is 5.82 Å². The number of fused-ring (bicyclic) bond motifs is 1. The summed E-state index contributed by atoms with van der Waals surface area (Å²) < 4.78 is 16.7. The normalized spacial score (nSPS) is 13.0. The lowest BCUT2D eigenvalue weighted by molar-refractivity contribution is 0.617. The molecule has 1 aliphatic heterocycles. The van der Waals surface area contributed by atoms with Crippen molar-refractivity contribution in [1.82, 2.24) is 9.55 Å². The predicted octanol–water partition coefficient (Wildman–Crippen LogP) is 5.73. The molecular weight excluding hydrogens is 471 g/mol. The third kappa shape index (κ3) is 3.83. The zero-order valence-corrected chi connectivity index (χ0v) is 17.9. The van der Waals surface area contributed by atoms with Crippen LogP contribution >= 0.6 is 51.1 Å². The smallest absolute Gasteiger partial charge is 0.268 e. The number of benzene rings is 2. The molecule has 0 saturated heterocycles. The number of nitrogens with zero attached hydrogens (tertiary/aromatic N) is 2. The Morgan fingerprint density at radius 2 is 2.04 bits per heavy atom. The Labute approximate surface area is 177 Å². The first-order valence-corrected chi connectivity index (χ1v) is 11.3. The molecule has 0 N–H and O–H groups in total. The molecule has 0 bridgehead atoms. The van der Waals surface area contributed by atoms with E-state index in [-0.39, 0.29) is 11.4 Å². The van der Waals surface area contributed by atoms with E-state index in [2.05, 4.69) is 15.9 Å². The molecule has 0 amide bonds. The predicted molar refractivity (Wildman–Crippen MR) is 113 cm³/mol. The van der Waals surface area contributed by atoms with Gasteiger partial charge in [-0.15, -0.1) is 11.8 Å². The molecule has 2 heterocycles. The van der Waals surface area contributed by atoms with E-state index in [1.165, 1.54) is 29.6 Å². The fraction of sp³-hybridized carbons (Fsp3) is 0.158. The molecule has 3 aromatic rings. The molecule has 1 aromatic heterocycles. The average Bonchev–Trinajstić information content (AvgIpc) is 3.11. The Kier molecular flexibility index (Phi) is 5.64. The molecule has 27 heavy (non-hydrogen) atoms. The molecule has 4 rings (SSSR count). The van der Waals surface area contributed by atoms with Gasteiger partial charge in [-0.05, 0) is 36.4 Å². The SMILES string of the molecule is O=c1c2c(nc(SCc3c(F)cccc3Cl)n1-c1ccc(Br)cc1)CCS2. The van der Waals surface area contributed by atoms with Crippen LogP contribution in [0.2, 0.25) is 5.02 Å². The topological polar surface area (TPSA) is 34.9 Å². The largest absolute Gasteiger partial charge is 0.272 e. The van der Waals surface area contributed by atoms with Gasteiger partial charge in [0.15, 0.2) is 5.16 Å². The summed E-state index contributed by atoms with van der Waals surface area (Å²) in [4.78, 5) is 18.5. The van der Waals surface area contributed by atoms with Gasteiger partial charge in [-0.3, -0.25) is 9.36 Å². The summed E-state index contributed by atoms with van der Waals surface area (Å²) in [5.74, 6) is 0.787. The Bertz CT molecular complexity index is 1050. The van der Waals surface area contributed by atoms with E-state index in [4.69, 9.17) is 16.6 Å². The quantitative estimate of drug-likeness (QED) is 0.351. The van der Waals surface area contributed by atoms with Crippen molar-refractivity contribution in [1.29, 1.82) is 0 Å². The van der Waals surface area contributed by atoms with Crippen molar-refractivity contribution >= 4 is 51.1 Å². The Balaban J connectivity index is 1.78. The highest BCUT2D eigenvalue weighted by Crippen LogP contribution is 2.32. The van der Waals surface area contributed by atoms with E-state index in [1.807, 2.05) is 24.3 Å². The summed E-state index contributed by atoms with van der Waals surface area (Å²) in [5.41, 5.74) is 1.89. The van der Waals surface area contributed by atoms with Crippen molar-refractivity contribution < 1.29 is 4.39 Å². The summed E-state index contributed by atoms with van der Waals surface area (Å²) in [6, 6.07) is 12.1. The third-order valence-corrected chi connectivity index (χ3v) is 7.11. The zero-order chi connectivity index (χ0) is 19.0. The van der Waals surface area contributed by atoms with Crippen molar-refractivity contribution in [2.75, 3.05) is 5.75 Å². The standard InChI is InChI=1S/C19H13BrClFN2OS2/c20-11-4-6-12(7-5-11)24-18(25)17-16(8-9-26-17)23-19(24)27-10-13-14(21)2-1-3-15(13)22/h1-7H,8-10H2. The maximum atomic E-state index is 14.1. The molecule has 0 unspecified atom stereocenters. The first-order chi connectivity index (χ1) is 13.0. The first-order valence-electron chi connectivity index (χ1n) is 8.15. The van der Waals surface area contributed by atoms with Crippen molar-refractivity contribution in [3.8, 4) is 5.69 Å². The maximum Gasteiger partial charge on any atom is 0.272 e. The highest BCUT2D eigenvalue weighted by atomic mass is 79.9. The fourth-order valence-electron chi connectivity index (χ4n) is 2.81. The minimum Gasteiger partial charge on any atom is -0.268 e. The van der Waals surface area contributed by atoms with Crippen molar-refractivity contribution in [3.05, 3.63) is 79.4 Å². The lowest BCUT2D eigenvalue weighted by Crippen LogP contribution is -2.23. The van der Waals surface area contributed by atoms with Gasteiger partial charge in [-0.2, -0.15) is 0 Å². The highest BCUT2D eigenvalue weighted by molar-refractivity contribution is 9.10. The van der Waals surface area contributed by atoms with E-state index < -0.39 is 0 Å². The highest BCUT2D eigenvalue weighted by Gasteiger charge is 2.23. The van der Waals surface area contributed by atoms with E-state index in [1.54, 1.807) is 16.7 Å². The molecule has 0 spiro atoms. The Morgan fingerprint density at radius 1 is 1.26 bits per heavy atom. The molecule has 0 atom stereocenters. The number of thioether (sulfide) groups is 2. The summed E-state index contributed by atoms with van der Waals surface area (Å²) in [6.45, 7) is 0. The maximum absolute atomic E-state index is 14.1. The average molecular weight is 484 g/mol. The van der Waals surface area contributed by atoms with Gasteiger partial charge in [-0.25, -0.2) is 9.37 Å². The number of halogens is 3. The van der Waals surface area contributed by atoms with Crippen molar-refractivity contribution in [3.63, 3.8) is 0 Å². The zero-order valence-electron chi connectivity index (χ0n) is 13.9. The number of aromatic nitrogens is 2. The third-order valence-electron chi connectivity index (χ3n) is 4.16. The van der Waals surface area contributed by atoms with Gasteiger partial charge in [-0.1, -0.05) is 45.4 Å². The van der Waals surface area contributed by atoms with Gasteiger partial charge < -0.3 is 0 Å². The second kappa shape index (κ2) is 7.99. The number of rotatable bonds is 4. The lowest BCUT2D eigenvalue weighted by Gasteiger charge is -2.14. The number of hydrogen-bond donors (Lipinski definition) is 0. The lowest BCUT2D eigenvalue weighted by atomic mass is 10.2. The summed E-state index contributed by atoms with van der Waals surface area (Å²) in [5, 5.41) is 0.916. The summed E-state index contributed by atoms with van der Waals surface area (Å²) in [7, 11) is 0. The molecule has 0 saturated carbocycles. The first kappa shape index (κ1) is 19.1. The molecule has 138 valence electrons. The van der Waals surface area contributed by atoms with Gasteiger partial charge in [0.1, 0.15) is 5.82 Å². The number of aryl methyl sites for hydroxylation is 1. The minimum absolute atomic E-state index is 0.0769. The molecule has 8 heteroatoms. The van der Waals surface area contributed by atoms with Crippen LogP contribution in [0.5, 0.6) is 0 Å². The van der Waals surface area contributed by atoms with Gasteiger partial charge in [0, 0.05) is 33.0 Å². The molecule has 0 fully saturated rings. The van der Waals surface area contributed by atoms with E-state index in [0.717, 1.165) is 28.0 Å². The van der Waals surface area contributed by atoms with Crippen LogP contribution in [-0.2, 0) is 12.2 Å². The van der Waals surface area contributed by atoms with Crippen LogP contribution < -0.4 is 5.56 Å². The monoisotopic (exact) mass is 482 g/mol. The van der Waals surface area contributed by atoms with Gasteiger partial charge in [0.2, 0.25) is 0 Å². The van der Waals surface area contributed by atoms with Crippen molar-refractivity contribution in [2.45, 2.75) is 22.2 Å². The molecular formula is C19H13BrClFN2OS2.